The Labute approximate surface area is 205 Å². The van der Waals surface area contributed by atoms with Gasteiger partial charge in [-0.05, 0) is 63.9 Å². The number of nitriles is 1. The average molecular weight is 494 g/mol. The zero-order valence-corrected chi connectivity index (χ0v) is 20.7. The fraction of sp³-hybridized carbons (Fsp3) is 0.240. The molecule has 180 valence electrons. The minimum Gasteiger partial charge on any atom is -0.462 e. The monoisotopic (exact) mass is 493 g/mol. The lowest BCUT2D eigenvalue weighted by Gasteiger charge is -2.06. The van der Waals surface area contributed by atoms with Crippen LogP contribution in [0.5, 0.6) is 0 Å². The molecule has 9 nitrogen and oxygen atoms in total. The summed E-state index contributed by atoms with van der Waals surface area (Å²) in [6, 6.07) is 8.20. The lowest BCUT2D eigenvalue weighted by atomic mass is 10.0. The number of nitrogens with zero attached hydrogens (tertiary/aromatic N) is 2. The summed E-state index contributed by atoms with van der Waals surface area (Å²) < 4.78 is 10.8. The van der Waals surface area contributed by atoms with Crippen LogP contribution in [0.2, 0.25) is 0 Å². The fourth-order valence-electron chi connectivity index (χ4n) is 3.38. The summed E-state index contributed by atoms with van der Waals surface area (Å²) in [7, 11) is 0. The summed E-state index contributed by atoms with van der Waals surface area (Å²) >= 11 is 1.22. The van der Waals surface area contributed by atoms with E-state index < -0.39 is 16.8 Å². The third-order valence-electron chi connectivity index (χ3n) is 5.49. The highest BCUT2D eigenvalue weighted by molar-refractivity contribution is 7.16. The molecule has 3 aromatic rings. The molecule has 0 aliphatic carbocycles. The highest BCUT2D eigenvalue weighted by atomic mass is 32.1. The number of carbonyl (C=O) groups excluding carboxylic acids is 2. The molecule has 1 aromatic carbocycles. The zero-order chi connectivity index (χ0) is 25.9. The molecule has 0 saturated carbocycles. The van der Waals surface area contributed by atoms with Gasteiger partial charge in [-0.15, -0.1) is 11.3 Å². The van der Waals surface area contributed by atoms with Gasteiger partial charge in [0.15, 0.2) is 0 Å². The maximum Gasteiger partial charge on any atom is 0.341 e. The number of rotatable bonds is 7. The third kappa shape index (κ3) is 5.31. The number of nitrogens with one attached hydrogen (secondary N) is 1. The number of furan rings is 1. The highest BCUT2D eigenvalue weighted by Gasteiger charge is 2.23. The van der Waals surface area contributed by atoms with Crippen LogP contribution >= 0.6 is 11.3 Å². The van der Waals surface area contributed by atoms with E-state index in [-0.39, 0.29) is 29.2 Å². The molecular weight excluding hydrogens is 470 g/mol. The normalized spacial score (nSPS) is 11.1. The van der Waals surface area contributed by atoms with Crippen molar-refractivity contribution >= 4 is 40.0 Å². The van der Waals surface area contributed by atoms with E-state index in [2.05, 4.69) is 5.32 Å². The van der Waals surface area contributed by atoms with Crippen LogP contribution in [0, 0.1) is 49.1 Å². The number of esters is 1. The number of aryl methyl sites for hydroxylation is 2. The van der Waals surface area contributed by atoms with Gasteiger partial charge < -0.3 is 14.5 Å². The SMILES string of the molecule is CCOC(=O)c1c(NC(=O)C(C#N)=Cc2ccc(-c3cc(C)c(C)c([N+](=O)[O-])c3)o2)sc(C)c1C. The van der Waals surface area contributed by atoms with Gasteiger partial charge in [0.05, 0.1) is 17.1 Å². The van der Waals surface area contributed by atoms with Crippen LogP contribution in [0.1, 0.15) is 44.6 Å². The first-order valence-electron chi connectivity index (χ1n) is 10.6. The van der Waals surface area contributed by atoms with Crippen LogP contribution in [0.15, 0.2) is 34.3 Å². The maximum atomic E-state index is 12.8. The van der Waals surface area contributed by atoms with Crippen molar-refractivity contribution in [2.75, 3.05) is 11.9 Å². The summed E-state index contributed by atoms with van der Waals surface area (Å²) in [4.78, 5) is 36.9. The summed E-state index contributed by atoms with van der Waals surface area (Å²) in [6.07, 6.45) is 1.27. The minimum absolute atomic E-state index is 0.0236. The molecule has 3 rings (SSSR count). The van der Waals surface area contributed by atoms with Crippen LogP contribution < -0.4 is 5.32 Å². The highest BCUT2D eigenvalue weighted by Crippen LogP contribution is 2.34. The molecule has 0 atom stereocenters. The number of hydrogen-bond acceptors (Lipinski definition) is 8. The molecule has 1 N–H and O–H groups in total. The number of anilines is 1. The number of nitro benzene ring substituents is 1. The molecule has 0 saturated heterocycles. The first-order chi connectivity index (χ1) is 16.6. The molecule has 0 aliphatic heterocycles. The van der Waals surface area contributed by atoms with Gasteiger partial charge in [0, 0.05) is 28.1 Å². The van der Waals surface area contributed by atoms with Crippen LogP contribution in [-0.4, -0.2) is 23.4 Å². The van der Waals surface area contributed by atoms with Crippen molar-refractivity contribution in [1.82, 2.24) is 0 Å². The Balaban J connectivity index is 1.90. The van der Waals surface area contributed by atoms with Gasteiger partial charge in [0.2, 0.25) is 0 Å². The number of amides is 1. The number of hydrogen-bond donors (Lipinski definition) is 1. The van der Waals surface area contributed by atoms with Crippen molar-refractivity contribution in [3.63, 3.8) is 0 Å². The summed E-state index contributed by atoms with van der Waals surface area (Å²) in [5.74, 6) is -0.685. The minimum atomic E-state index is -0.709. The van der Waals surface area contributed by atoms with Gasteiger partial charge in [-0.2, -0.15) is 5.26 Å². The van der Waals surface area contributed by atoms with E-state index >= 15 is 0 Å². The predicted molar refractivity (Wildman–Crippen MR) is 132 cm³/mol. The largest absolute Gasteiger partial charge is 0.462 e. The van der Waals surface area contributed by atoms with Crippen LogP contribution in [-0.2, 0) is 9.53 Å². The predicted octanol–water partition coefficient (Wildman–Crippen LogP) is 5.87. The second-order valence-corrected chi connectivity index (χ2v) is 8.95. The number of carbonyl (C=O) groups is 2. The number of benzene rings is 1. The maximum absolute atomic E-state index is 12.8. The van der Waals surface area contributed by atoms with Crippen molar-refractivity contribution in [3.05, 3.63) is 72.8 Å². The van der Waals surface area contributed by atoms with Crippen LogP contribution in [0.3, 0.4) is 0 Å². The first-order valence-corrected chi connectivity index (χ1v) is 11.4. The second kappa shape index (κ2) is 10.4. The Morgan fingerprint density at radius 3 is 2.57 bits per heavy atom. The number of ether oxygens (including phenoxy) is 1. The van der Waals surface area contributed by atoms with Crippen LogP contribution in [0.25, 0.3) is 17.4 Å². The quantitative estimate of drug-likeness (QED) is 0.143. The molecule has 10 heteroatoms. The molecule has 2 aromatic heterocycles. The molecule has 0 unspecified atom stereocenters. The average Bonchev–Trinajstić information content (AvgIpc) is 3.37. The van der Waals surface area contributed by atoms with Gasteiger partial charge in [-0.1, -0.05) is 0 Å². The van der Waals surface area contributed by atoms with Crippen molar-refractivity contribution < 1.29 is 23.7 Å². The Bertz CT molecular complexity index is 1410. The Hall–Kier alpha value is -4.23. The molecule has 2 heterocycles. The lowest BCUT2D eigenvalue weighted by molar-refractivity contribution is -0.385. The zero-order valence-electron chi connectivity index (χ0n) is 19.8. The van der Waals surface area contributed by atoms with Gasteiger partial charge in [0.1, 0.15) is 28.2 Å². The standard InChI is InChI=1S/C25H23N3O6S/c1-6-33-25(30)22-15(4)16(5)35-24(22)27-23(29)18(12-26)10-19-7-8-21(34-19)17-9-13(2)14(3)20(11-17)28(31)32/h7-11H,6H2,1-5H3,(H,27,29). The molecule has 0 aliphatic rings. The van der Waals surface area contributed by atoms with Crippen molar-refractivity contribution in [2.45, 2.75) is 34.6 Å². The topological polar surface area (TPSA) is 135 Å². The fourth-order valence-corrected chi connectivity index (χ4v) is 4.43. The Morgan fingerprint density at radius 1 is 1.23 bits per heavy atom. The smallest absolute Gasteiger partial charge is 0.341 e. The van der Waals surface area contributed by atoms with Gasteiger partial charge in [-0.3, -0.25) is 14.9 Å². The Kier molecular flexibility index (Phi) is 7.52. The number of thiophene rings is 1. The molecule has 1 amide bonds. The summed E-state index contributed by atoms with van der Waals surface area (Å²) in [5.41, 5.74) is 2.50. The van der Waals surface area contributed by atoms with Crippen LogP contribution in [0.4, 0.5) is 10.7 Å². The van der Waals surface area contributed by atoms with Gasteiger partial charge >= 0.3 is 5.97 Å². The summed E-state index contributed by atoms with van der Waals surface area (Å²) in [5, 5.41) is 23.8. The lowest BCUT2D eigenvalue weighted by Crippen LogP contribution is -2.16. The van der Waals surface area contributed by atoms with Gasteiger partial charge in [0.25, 0.3) is 11.6 Å². The van der Waals surface area contributed by atoms with E-state index in [4.69, 9.17) is 9.15 Å². The van der Waals surface area contributed by atoms with E-state index in [0.717, 1.165) is 10.4 Å². The second-order valence-electron chi connectivity index (χ2n) is 7.73. The Morgan fingerprint density at radius 2 is 1.94 bits per heavy atom. The summed E-state index contributed by atoms with van der Waals surface area (Å²) in [6.45, 7) is 8.90. The first kappa shape index (κ1) is 25.4. The van der Waals surface area contributed by atoms with Crippen molar-refractivity contribution in [3.8, 4) is 17.4 Å². The number of nitro groups is 1. The van der Waals surface area contributed by atoms with E-state index in [9.17, 15) is 25.0 Å². The van der Waals surface area contributed by atoms with Crippen molar-refractivity contribution in [1.29, 1.82) is 5.26 Å². The molecule has 35 heavy (non-hydrogen) atoms. The van der Waals surface area contributed by atoms with E-state index in [1.807, 2.05) is 13.0 Å². The molecular formula is C25H23N3O6S. The molecule has 0 fully saturated rings. The van der Waals surface area contributed by atoms with Gasteiger partial charge in [-0.25, -0.2) is 4.79 Å². The molecule has 0 spiro atoms. The molecule has 0 radical (unpaired) electrons. The molecule has 0 bridgehead atoms. The van der Waals surface area contributed by atoms with E-state index in [1.165, 1.54) is 23.5 Å². The van der Waals surface area contributed by atoms with E-state index in [0.29, 0.717) is 27.5 Å². The third-order valence-corrected chi connectivity index (χ3v) is 6.61. The van der Waals surface area contributed by atoms with Crippen molar-refractivity contribution in [2.24, 2.45) is 0 Å². The van der Waals surface area contributed by atoms with E-state index in [1.54, 1.807) is 45.9 Å².